The normalized spacial score (nSPS) is 21.0. The highest BCUT2D eigenvalue weighted by atomic mass is 35.5. The fourth-order valence-electron chi connectivity index (χ4n) is 5.37. The van der Waals surface area contributed by atoms with Crippen LogP contribution in [0.15, 0.2) is 54.7 Å². The number of aliphatic hydroxyl groups excluding tert-OH is 1. The second-order valence-corrected chi connectivity index (χ2v) is 12.3. The minimum atomic E-state index is -0.770. The van der Waals surface area contributed by atoms with Crippen LogP contribution in [0, 0.1) is 5.41 Å². The lowest BCUT2D eigenvalue weighted by molar-refractivity contribution is -0.144. The Morgan fingerprint density at radius 1 is 1.10 bits per heavy atom. The Kier molecular flexibility index (Phi) is 7.53. The number of nitrogens with one attached hydrogen (secondary N) is 1. The number of amides is 2. The third kappa shape index (κ3) is 5.87. The summed E-state index contributed by atoms with van der Waals surface area (Å²) in [5, 5.41) is 22.8. The van der Waals surface area contributed by atoms with Gasteiger partial charge in [-0.15, -0.1) is 5.10 Å². The Morgan fingerprint density at radius 3 is 2.44 bits per heavy atom. The van der Waals surface area contributed by atoms with Gasteiger partial charge in [-0.05, 0) is 42.4 Å². The quantitative estimate of drug-likeness (QED) is 0.436. The smallest absolute Gasteiger partial charge is 0.248 e. The molecular weight excluding hydrogens is 514 g/mol. The molecule has 2 unspecified atom stereocenters. The molecule has 5 rings (SSSR count). The second kappa shape index (κ2) is 10.7. The average Bonchev–Trinajstić information content (AvgIpc) is 3.50. The summed E-state index contributed by atoms with van der Waals surface area (Å²) in [5.74, 6) is -0.0995. The summed E-state index contributed by atoms with van der Waals surface area (Å²) in [6.45, 7) is 7.94. The van der Waals surface area contributed by atoms with Crippen molar-refractivity contribution < 1.29 is 14.7 Å². The van der Waals surface area contributed by atoms with Gasteiger partial charge in [-0.1, -0.05) is 80.1 Å². The van der Waals surface area contributed by atoms with Gasteiger partial charge in [0.25, 0.3) is 0 Å². The van der Waals surface area contributed by atoms with E-state index in [1.165, 1.54) is 4.90 Å². The van der Waals surface area contributed by atoms with Crippen molar-refractivity contribution in [2.24, 2.45) is 5.41 Å². The minimum absolute atomic E-state index is 0.106. The van der Waals surface area contributed by atoms with Gasteiger partial charge in [0.1, 0.15) is 12.1 Å². The summed E-state index contributed by atoms with van der Waals surface area (Å²) in [4.78, 5) is 28.9. The number of rotatable bonds is 7. The van der Waals surface area contributed by atoms with Crippen molar-refractivity contribution in [3.63, 3.8) is 0 Å². The molecule has 1 aromatic heterocycles. The highest BCUT2D eigenvalue weighted by Crippen LogP contribution is 2.40. The molecule has 2 amide bonds. The van der Waals surface area contributed by atoms with E-state index in [-0.39, 0.29) is 30.8 Å². The van der Waals surface area contributed by atoms with Crippen LogP contribution in [-0.4, -0.2) is 55.5 Å². The molecule has 39 heavy (non-hydrogen) atoms. The molecule has 2 fully saturated rings. The first-order valence-electron chi connectivity index (χ1n) is 13.6. The Morgan fingerprint density at radius 2 is 1.79 bits per heavy atom. The molecule has 0 radical (unpaired) electrons. The van der Waals surface area contributed by atoms with Gasteiger partial charge < -0.3 is 15.3 Å². The summed E-state index contributed by atoms with van der Waals surface area (Å²) < 4.78 is 1.64. The van der Waals surface area contributed by atoms with Gasteiger partial charge in [0.2, 0.25) is 11.8 Å². The van der Waals surface area contributed by atoms with Crippen LogP contribution in [0.2, 0.25) is 5.02 Å². The lowest BCUT2D eigenvalue weighted by Crippen LogP contribution is -2.50. The molecule has 1 aliphatic carbocycles. The van der Waals surface area contributed by atoms with Crippen LogP contribution in [-0.2, 0) is 9.59 Å². The number of β-amino-alcohol motifs (C(OH)–C–C–N with tert-alkyl or cyclic N) is 1. The summed E-state index contributed by atoms with van der Waals surface area (Å²) >= 11 is 6.34. The zero-order chi connectivity index (χ0) is 27.9. The number of carbonyl (C=O) groups is 2. The maximum Gasteiger partial charge on any atom is 0.248 e. The molecule has 9 heteroatoms. The molecule has 8 nitrogen and oxygen atoms in total. The van der Waals surface area contributed by atoms with Crippen LogP contribution in [0.4, 0.5) is 0 Å². The minimum Gasteiger partial charge on any atom is -0.391 e. The van der Waals surface area contributed by atoms with Crippen LogP contribution in [0.25, 0.3) is 11.1 Å². The van der Waals surface area contributed by atoms with Crippen LogP contribution in [0.1, 0.15) is 76.2 Å². The van der Waals surface area contributed by atoms with E-state index in [0.29, 0.717) is 10.9 Å². The van der Waals surface area contributed by atoms with E-state index in [1.54, 1.807) is 4.68 Å². The van der Waals surface area contributed by atoms with E-state index in [0.717, 1.165) is 35.2 Å². The Labute approximate surface area is 234 Å². The van der Waals surface area contributed by atoms with Gasteiger partial charge >= 0.3 is 0 Å². The third-order valence-electron chi connectivity index (χ3n) is 7.66. The van der Waals surface area contributed by atoms with Gasteiger partial charge in [-0.2, -0.15) is 0 Å². The second-order valence-electron chi connectivity index (χ2n) is 11.9. The molecule has 0 spiro atoms. The van der Waals surface area contributed by atoms with Crippen LogP contribution < -0.4 is 5.32 Å². The van der Waals surface area contributed by atoms with E-state index in [2.05, 4.69) is 15.6 Å². The summed E-state index contributed by atoms with van der Waals surface area (Å²) in [7, 11) is 0. The van der Waals surface area contributed by atoms with Crippen LogP contribution in [0.5, 0.6) is 0 Å². The third-order valence-corrected chi connectivity index (χ3v) is 7.99. The number of benzene rings is 2. The topological polar surface area (TPSA) is 100 Å². The van der Waals surface area contributed by atoms with Gasteiger partial charge in [0.05, 0.1) is 17.8 Å². The Hall–Kier alpha value is -3.23. The molecule has 2 N–H and O–H groups in total. The van der Waals surface area contributed by atoms with Crippen molar-refractivity contribution in [2.75, 3.05) is 6.54 Å². The lowest BCUT2D eigenvalue weighted by Gasteiger charge is -2.34. The number of carbonyl (C=O) groups excluding carboxylic acids is 2. The van der Waals surface area contributed by atoms with E-state index in [9.17, 15) is 14.7 Å². The summed E-state index contributed by atoms with van der Waals surface area (Å²) in [6.07, 6.45) is 3.47. The molecule has 2 aromatic carbocycles. The Bertz CT molecular complexity index is 1350. The lowest BCUT2D eigenvalue weighted by atomic mass is 9.85. The van der Waals surface area contributed by atoms with E-state index in [4.69, 9.17) is 11.6 Å². The van der Waals surface area contributed by atoms with Crippen molar-refractivity contribution >= 4 is 23.4 Å². The number of nitrogens with zero attached hydrogens (tertiary/aromatic N) is 4. The average molecular weight is 550 g/mol. The molecule has 206 valence electrons. The van der Waals surface area contributed by atoms with E-state index >= 15 is 0 Å². The largest absolute Gasteiger partial charge is 0.391 e. The van der Waals surface area contributed by atoms with Crippen molar-refractivity contribution in [1.82, 2.24) is 25.2 Å². The number of hydrogen-bond donors (Lipinski definition) is 2. The maximum absolute atomic E-state index is 13.9. The number of halogens is 1. The summed E-state index contributed by atoms with van der Waals surface area (Å²) in [6, 6.07) is 13.9. The molecule has 1 saturated heterocycles. The predicted molar refractivity (Wildman–Crippen MR) is 150 cm³/mol. The molecule has 1 saturated carbocycles. The number of aliphatic hydroxyl groups is 1. The molecular formula is C30H36ClN5O3. The van der Waals surface area contributed by atoms with Crippen LogP contribution in [0.3, 0.4) is 0 Å². The van der Waals surface area contributed by atoms with Gasteiger partial charge in [-0.3, -0.25) is 9.59 Å². The van der Waals surface area contributed by atoms with Gasteiger partial charge in [-0.25, -0.2) is 4.68 Å². The fourth-order valence-corrected chi connectivity index (χ4v) is 5.61. The number of aromatic nitrogens is 3. The van der Waals surface area contributed by atoms with Crippen LogP contribution >= 0.6 is 11.6 Å². The van der Waals surface area contributed by atoms with Gasteiger partial charge in [0, 0.05) is 35.7 Å². The summed E-state index contributed by atoms with van der Waals surface area (Å²) in [5.41, 5.74) is 3.29. The van der Waals surface area contributed by atoms with Gasteiger partial charge in [0.15, 0.2) is 0 Å². The molecule has 3 aromatic rings. The molecule has 4 atom stereocenters. The standard InChI is InChI=1S/C30H36ClN5O3/c1-18(19-9-11-20(12-10-19)23-7-5-6-8-24(23)31)32-28(38)26-15-22(37)16-35(26)29(39)27(30(2,3)4)36-17-25(33-34-36)21-13-14-21/h5-12,17-18,21-22,26-27,37H,13-16H2,1-4H3,(H,32,38)/t18?,22-,26+,27?/m1/s1. The maximum atomic E-state index is 13.9. The Balaban J connectivity index is 1.31. The van der Waals surface area contributed by atoms with E-state index in [1.807, 2.05) is 82.4 Å². The SMILES string of the molecule is CC(NC(=O)[C@@H]1C[C@@H](O)CN1C(=O)C(n1cc(C2CC2)nn1)C(C)(C)C)c1ccc(-c2ccccc2Cl)cc1. The highest BCUT2D eigenvalue weighted by Gasteiger charge is 2.45. The molecule has 2 heterocycles. The highest BCUT2D eigenvalue weighted by molar-refractivity contribution is 6.33. The van der Waals surface area contributed by atoms with Crippen molar-refractivity contribution in [3.8, 4) is 11.1 Å². The monoisotopic (exact) mass is 549 g/mol. The predicted octanol–water partition coefficient (Wildman–Crippen LogP) is 4.90. The molecule has 2 aliphatic rings. The number of hydrogen-bond acceptors (Lipinski definition) is 5. The zero-order valence-electron chi connectivity index (χ0n) is 22.8. The fraction of sp³-hybridized carbons (Fsp3) is 0.467. The zero-order valence-corrected chi connectivity index (χ0v) is 23.6. The first kappa shape index (κ1) is 27.3. The van der Waals surface area contributed by atoms with E-state index < -0.39 is 23.6 Å². The first-order chi connectivity index (χ1) is 18.5. The first-order valence-corrected chi connectivity index (χ1v) is 14.0. The molecule has 1 aliphatic heterocycles. The van der Waals surface area contributed by atoms with Crippen molar-refractivity contribution in [1.29, 1.82) is 0 Å². The van der Waals surface area contributed by atoms with Crippen molar-refractivity contribution in [2.45, 2.75) is 77.1 Å². The van der Waals surface area contributed by atoms with Crippen molar-refractivity contribution in [3.05, 3.63) is 71.0 Å². The molecule has 0 bridgehead atoms. The number of likely N-dealkylation sites (tertiary alicyclic amines) is 1.